The highest BCUT2D eigenvalue weighted by Crippen LogP contribution is 2.29. The Morgan fingerprint density at radius 3 is 2.39 bits per heavy atom. The number of hydrogen-bond donors (Lipinski definition) is 0. The van der Waals surface area contributed by atoms with Gasteiger partial charge in [-0.05, 0) is 23.8 Å². The van der Waals surface area contributed by atoms with Gasteiger partial charge in [0.1, 0.15) is 6.04 Å². The van der Waals surface area contributed by atoms with Gasteiger partial charge in [0.15, 0.2) is 12.2 Å². The third kappa shape index (κ3) is 4.47. The topological polar surface area (TPSA) is 75.9 Å². The van der Waals surface area contributed by atoms with Crippen LogP contribution in [0.3, 0.4) is 0 Å². The zero-order chi connectivity index (χ0) is 21.8. The van der Waals surface area contributed by atoms with Crippen molar-refractivity contribution in [1.29, 1.82) is 0 Å². The molecule has 1 unspecified atom stereocenters. The first-order valence-corrected chi connectivity index (χ1v) is 10.3. The quantitative estimate of drug-likeness (QED) is 0.564. The monoisotopic (exact) mass is 439 g/mol. The molecule has 0 radical (unpaired) electrons. The zero-order valence-corrected chi connectivity index (χ0v) is 17.8. The lowest BCUT2D eigenvalue weighted by Crippen LogP contribution is -2.51. The molecule has 1 amide bonds. The number of amides is 1. The lowest BCUT2D eigenvalue weighted by atomic mass is 10.0. The molecule has 0 N–H and O–H groups in total. The highest BCUT2D eigenvalue weighted by atomic mass is 35.5. The van der Waals surface area contributed by atoms with Crippen molar-refractivity contribution < 1.29 is 18.7 Å². The molecule has 0 spiro atoms. The second kappa shape index (κ2) is 9.32. The third-order valence-electron chi connectivity index (χ3n) is 5.44. The van der Waals surface area contributed by atoms with Gasteiger partial charge in [0.05, 0.1) is 13.3 Å². The smallest absolute Gasteiger partial charge is 0.327 e. The molecule has 1 aliphatic rings. The van der Waals surface area contributed by atoms with Gasteiger partial charge >= 0.3 is 5.97 Å². The van der Waals surface area contributed by atoms with E-state index in [4.69, 9.17) is 20.8 Å². The molecular formula is C23H22ClN3O4. The number of aromatic nitrogens is 1. The van der Waals surface area contributed by atoms with Gasteiger partial charge in [-0.2, -0.15) is 0 Å². The van der Waals surface area contributed by atoms with Crippen LogP contribution >= 0.6 is 11.6 Å². The Labute approximate surface area is 185 Å². The van der Waals surface area contributed by atoms with Crippen LogP contribution in [0.2, 0.25) is 5.02 Å². The van der Waals surface area contributed by atoms with Crippen LogP contribution in [0.5, 0.6) is 0 Å². The molecule has 2 aromatic carbocycles. The van der Waals surface area contributed by atoms with Crippen molar-refractivity contribution in [2.45, 2.75) is 6.04 Å². The molecular weight excluding hydrogens is 418 g/mol. The first-order valence-electron chi connectivity index (χ1n) is 9.93. The van der Waals surface area contributed by atoms with Gasteiger partial charge in [0, 0.05) is 42.3 Å². The predicted molar refractivity (Wildman–Crippen MR) is 116 cm³/mol. The summed E-state index contributed by atoms with van der Waals surface area (Å²) in [6.45, 7) is 2.07. The second-order valence-corrected chi connectivity index (χ2v) is 7.63. The molecule has 3 aromatic rings. The summed E-state index contributed by atoms with van der Waals surface area (Å²) >= 11 is 6.34. The summed E-state index contributed by atoms with van der Waals surface area (Å²) in [5.74, 6) is 0.244. The number of oxazole rings is 1. The van der Waals surface area contributed by atoms with E-state index in [2.05, 4.69) is 4.98 Å². The van der Waals surface area contributed by atoms with E-state index in [1.54, 1.807) is 29.3 Å². The van der Waals surface area contributed by atoms with Gasteiger partial charge in [0.25, 0.3) is 5.91 Å². The van der Waals surface area contributed by atoms with Crippen molar-refractivity contribution in [3.63, 3.8) is 0 Å². The van der Waals surface area contributed by atoms with Gasteiger partial charge in [0.2, 0.25) is 0 Å². The van der Waals surface area contributed by atoms with E-state index in [1.165, 1.54) is 13.5 Å². The van der Waals surface area contributed by atoms with Crippen molar-refractivity contribution in [1.82, 2.24) is 14.8 Å². The maximum atomic E-state index is 12.9. The number of ether oxygens (including phenoxy) is 1. The van der Waals surface area contributed by atoms with E-state index in [9.17, 15) is 9.59 Å². The molecule has 1 fully saturated rings. The summed E-state index contributed by atoms with van der Waals surface area (Å²) in [6, 6.07) is 13.9. The number of methoxy groups -OCH3 is 1. The molecule has 0 aliphatic carbocycles. The van der Waals surface area contributed by atoms with Crippen molar-refractivity contribution in [3.05, 3.63) is 77.3 Å². The molecule has 7 nitrogen and oxygen atoms in total. The molecule has 1 aromatic heterocycles. The average Bonchev–Trinajstić information content (AvgIpc) is 3.35. The van der Waals surface area contributed by atoms with Gasteiger partial charge < -0.3 is 14.1 Å². The molecule has 1 aliphatic heterocycles. The fourth-order valence-corrected chi connectivity index (χ4v) is 4.02. The van der Waals surface area contributed by atoms with Crippen LogP contribution in [0.4, 0.5) is 0 Å². The lowest BCUT2D eigenvalue weighted by molar-refractivity contribution is -0.148. The Kier molecular flexibility index (Phi) is 6.34. The number of rotatable bonds is 5. The maximum Gasteiger partial charge on any atom is 0.327 e. The van der Waals surface area contributed by atoms with Crippen LogP contribution in [-0.4, -0.2) is 59.9 Å². The SMILES string of the molecule is COC(=O)C(c1ccccc1Cl)N1CCN(C(=O)c2ccc(-c3cnco3)cc2)CC1. The van der Waals surface area contributed by atoms with Crippen LogP contribution in [0, 0.1) is 0 Å². The van der Waals surface area contributed by atoms with Gasteiger partial charge in [-0.25, -0.2) is 9.78 Å². The number of halogens is 1. The van der Waals surface area contributed by atoms with Gasteiger partial charge in [-0.3, -0.25) is 9.69 Å². The molecule has 1 atom stereocenters. The summed E-state index contributed by atoms with van der Waals surface area (Å²) in [6.07, 6.45) is 3.00. The minimum absolute atomic E-state index is 0.0452. The Morgan fingerprint density at radius 2 is 1.77 bits per heavy atom. The Hall–Kier alpha value is -3.16. The minimum atomic E-state index is -0.600. The first-order chi connectivity index (χ1) is 15.1. The van der Waals surface area contributed by atoms with Gasteiger partial charge in [-0.1, -0.05) is 41.9 Å². The van der Waals surface area contributed by atoms with E-state index in [0.717, 1.165) is 5.56 Å². The molecule has 2 heterocycles. The first kappa shape index (κ1) is 21.1. The van der Waals surface area contributed by atoms with E-state index >= 15 is 0 Å². The maximum absolute atomic E-state index is 12.9. The van der Waals surface area contributed by atoms with Crippen LogP contribution in [0.15, 0.2) is 65.5 Å². The average molecular weight is 440 g/mol. The molecule has 0 bridgehead atoms. The van der Waals surface area contributed by atoms with Crippen LogP contribution in [0.25, 0.3) is 11.3 Å². The van der Waals surface area contributed by atoms with Crippen LogP contribution < -0.4 is 0 Å². The predicted octanol–water partition coefficient (Wildman–Crippen LogP) is 3.67. The second-order valence-electron chi connectivity index (χ2n) is 7.22. The number of benzene rings is 2. The molecule has 1 saturated heterocycles. The third-order valence-corrected chi connectivity index (χ3v) is 5.78. The Morgan fingerprint density at radius 1 is 1.06 bits per heavy atom. The van der Waals surface area contributed by atoms with E-state index in [0.29, 0.717) is 48.1 Å². The fourth-order valence-electron chi connectivity index (χ4n) is 3.78. The number of piperazine rings is 1. The normalized spacial score (nSPS) is 15.5. The summed E-state index contributed by atoms with van der Waals surface area (Å²) < 4.78 is 10.3. The summed E-state index contributed by atoms with van der Waals surface area (Å²) in [5, 5.41) is 0.517. The zero-order valence-electron chi connectivity index (χ0n) is 17.0. The summed E-state index contributed by atoms with van der Waals surface area (Å²) in [5.41, 5.74) is 2.17. The number of hydrogen-bond acceptors (Lipinski definition) is 6. The molecule has 0 saturated carbocycles. The number of nitrogens with zero attached hydrogens (tertiary/aromatic N) is 3. The number of carbonyl (C=O) groups excluding carboxylic acids is 2. The molecule has 160 valence electrons. The molecule has 31 heavy (non-hydrogen) atoms. The standard InChI is InChI=1S/C23H22ClN3O4/c1-30-23(29)21(18-4-2-3-5-19(18)24)26-10-12-27(13-11-26)22(28)17-8-6-16(7-9-17)20-14-25-15-31-20/h2-9,14-15,21H,10-13H2,1H3. The van der Waals surface area contributed by atoms with Crippen LogP contribution in [-0.2, 0) is 9.53 Å². The fraction of sp³-hybridized carbons (Fsp3) is 0.261. The Balaban J connectivity index is 1.44. The highest BCUT2D eigenvalue weighted by Gasteiger charge is 2.33. The van der Waals surface area contributed by atoms with Crippen molar-refractivity contribution in [2.24, 2.45) is 0 Å². The number of esters is 1. The summed E-state index contributed by atoms with van der Waals surface area (Å²) in [7, 11) is 1.37. The minimum Gasteiger partial charge on any atom is -0.468 e. The van der Waals surface area contributed by atoms with E-state index in [1.807, 2.05) is 35.2 Å². The van der Waals surface area contributed by atoms with Gasteiger partial charge in [-0.15, -0.1) is 0 Å². The molecule has 4 rings (SSSR count). The van der Waals surface area contributed by atoms with Crippen molar-refractivity contribution >= 4 is 23.5 Å². The van der Waals surface area contributed by atoms with Crippen molar-refractivity contribution in [2.75, 3.05) is 33.3 Å². The van der Waals surface area contributed by atoms with Crippen molar-refractivity contribution in [3.8, 4) is 11.3 Å². The highest BCUT2D eigenvalue weighted by molar-refractivity contribution is 6.31. The number of carbonyl (C=O) groups is 2. The summed E-state index contributed by atoms with van der Waals surface area (Å²) in [4.78, 5) is 33.2. The largest absolute Gasteiger partial charge is 0.468 e. The van der Waals surface area contributed by atoms with E-state index < -0.39 is 6.04 Å². The Bertz CT molecular complexity index is 1040. The lowest BCUT2D eigenvalue weighted by Gasteiger charge is -2.38. The molecule has 8 heteroatoms. The van der Waals surface area contributed by atoms with Crippen LogP contribution in [0.1, 0.15) is 22.0 Å². The van der Waals surface area contributed by atoms with E-state index in [-0.39, 0.29) is 11.9 Å².